The van der Waals surface area contributed by atoms with Gasteiger partial charge in [-0.1, -0.05) is 36.4 Å². The fraction of sp³-hybridized carbons (Fsp3) is 0.647. The van der Waals surface area contributed by atoms with Crippen molar-refractivity contribution < 1.29 is 33.3 Å². The number of hydrogen-bond acceptors (Lipinski definition) is 11. The lowest BCUT2D eigenvalue weighted by Gasteiger charge is -2.29. The molecular formula is C34H54N6O7. The lowest BCUT2D eigenvalue weighted by atomic mass is 10.1. The van der Waals surface area contributed by atoms with Crippen molar-refractivity contribution in [2.75, 3.05) is 150 Å². The number of carbonyl (C=O) groups is 2. The first-order valence-corrected chi connectivity index (χ1v) is 17.0. The van der Waals surface area contributed by atoms with E-state index in [2.05, 4.69) is 25.8 Å². The van der Waals surface area contributed by atoms with Crippen LogP contribution in [-0.2, 0) is 33.3 Å². The Morgan fingerprint density at radius 2 is 1.04 bits per heavy atom. The van der Waals surface area contributed by atoms with E-state index in [-0.39, 0.29) is 11.8 Å². The summed E-state index contributed by atoms with van der Waals surface area (Å²) in [7, 11) is 0. The largest absolute Gasteiger partial charge is 0.377 e. The minimum absolute atomic E-state index is 0.0183. The standard InChI is InChI=1S/C34H54N6O7/c41-33(37-32-7-3-5-30-4-1-2-6-31(30)32)28-38-12-8-35-10-14-39(15-11-36-9-13-38)29-34(42)40-16-18-43-20-22-45-24-26-47-27-25-46-23-21-44-19-17-40/h1-7,35-36H,8-29H2,(H,37,41). The summed E-state index contributed by atoms with van der Waals surface area (Å²) in [5.41, 5.74) is 0.837. The van der Waals surface area contributed by atoms with Gasteiger partial charge >= 0.3 is 0 Å². The molecule has 0 atom stereocenters. The second-order valence-corrected chi connectivity index (χ2v) is 11.6. The van der Waals surface area contributed by atoms with Gasteiger partial charge < -0.3 is 44.5 Å². The zero-order chi connectivity index (χ0) is 32.8. The van der Waals surface area contributed by atoms with Crippen molar-refractivity contribution in [2.24, 2.45) is 0 Å². The Balaban J connectivity index is 1.20. The van der Waals surface area contributed by atoms with Crippen molar-refractivity contribution in [3.05, 3.63) is 42.5 Å². The summed E-state index contributed by atoms with van der Waals surface area (Å²) in [6.45, 7) is 12.5. The van der Waals surface area contributed by atoms with E-state index in [0.29, 0.717) is 92.2 Å². The molecular weight excluding hydrogens is 604 g/mol. The summed E-state index contributed by atoms with van der Waals surface area (Å²) in [5.74, 6) is 0.0435. The summed E-state index contributed by atoms with van der Waals surface area (Å²) in [5, 5.41) is 12.3. The smallest absolute Gasteiger partial charge is 0.238 e. The fourth-order valence-electron chi connectivity index (χ4n) is 5.45. The van der Waals surface area contributed by atoms with E-state index < -0.39 is 0 Å². The highest BCUT2D eigenvalue weighted by Gasteiger charge is 2.19. The quantitative estimate of drug-likeness (QED) is 0.416. The third-order valence-corrected chi connectivity index (χ3v) is 8.06. The normalized spacial score (nSPS) is 20.7. The van der Waals surface area contributed by atoms with Crippen LogP contribution >= 0.6 is 0 Å². The van der Waals surface area contributed by atoms with Crippen molar-refractivity contribution in [2.45, 2.75) is 0 Å². The van der Waals surface area contributed by atoms with E-state index in [1.54, 1.807) is 0 Å². The molecule has 2 amide bonds. The maximum absolute atomic E-state index is 13.4. The summed E-state index contributed by atoms with van der Waals surface area (Å²) in [6.07, 6.45) is 0. The molecule has 2 aromatic carbocycles. The van der Waals surface area contributed by atoms with Crippen molar-refractivity contribution in [1.29, 1.82) is 0 Å². The van der Waals surface area contributed by atoms with Gasteiger partial charge in [0.05, 0.1) is 79.2 Å². The molecule has 2 heterocycles. The van der Waals surface area contributed by atoms with Crippen LogP contribution in [0.5, 0.6) is 0 Å². The van der Waals surface area contributed by atoms with E-state index in [1.807, 2.05) is 47.4 Å². The van der Waals surface area contributed by atoms with Crippen LogP contribution < -0.4 is 16.0 Å². The van der Waals surface area contributed by atoms with Gasteiger partial charge in [-0.05, 0) is 11.5 Å². The van der Waals surface area contributed by atoms with E-state index in [0.717, 1.165) is 68.8 Å². The number of ether oxygens (including phenoxy) is 5. The summed E-state index contributed by atoms with van der Waals surface area (Å²) in [6, 6.07) is 14.0. The molecule has 47 heavy (non-hydrogen) atoms. The molecule has 3 N–H and O–H groups in total. The zero-order valence-corrected chi connectivity index (χ0v) is 27.8. The number of nitrogens with zero attached hydrogens (tertiary/aromatic N) is 3. The predicted molar refractivity (Wildman–Crippen MR) is 182 cm³/mol. The zero-order valence-electron chi connectivity index (χ0n) is 27.8. The molecule has 2 aliphatic rings. The third-order valence-electron chi connectivity index (χ3n) is 8.06. The highest BCUT2D eigenvalue weighted by molar-refractivity contribution is 6.02. The number of benzene rings is 2. The number of fused-ring (bicyclic) bond motifs is 1. The number of amides is 2. The minimum Gasteiger partial charge on any atom is -0.377 e. The molecule has 13 heteroatoms. The van der Waals surface area contributed by atoms with Gasteiger partial charge in [0.25, 0.3) is 0 Å². The van der Waals surface area contributed by atoms with Crippen LogP contribution in [0.15, 0.2) is 42.5 Å². The molecule has 0 bridgehead atoms. The van der Waals surface area contributed by atoms with Crippen LogP contribution in [0.25, 0.3) is 10.8 Å². The van der Waals surface area contributed by atoms with Gasteiger partial charge in [-0.15, -0.1) is 0 Å². The van der Waals surface area contributed by atoms with E-state index in [9.17, 15) is 9.59 Å². The van der Waals surface area contributed by atoms with Crippen molar-refractivity contribution in [1.82, 2.24) is 25.3 Å². The molecule has 13 nitrogen and oxygen atoms in total. The Labute approximate surface area is 279 Å². The van der Waals surface area contributed by atoms with Gasteiger partial charge in [0.1, 0.15) is 0 Å². The van der Waals surface area contributed by atoms with Gasteiger partial charge in [-0.3, -0.25) is 19.4 Å². The number of rotatable bonds is 5. The Bertz CT molecular complexity index is 1140. The molecule has 0 aromatic heterocycles. The van der Waals surface area contributed by atoms with Gasteiger partial charge in [0.15, 0.2) is 0 Å². The Hall–Kier alpha value is -2.72. The molecule has 0 radical (unpaired) electrons. The number of hydrogen-bond donors (Lipinski definition) is 3. The maximum Gasteiger partial charge on any atom is 0.238 e. The number of nitrogens with one attached hydrogen (secondary N) is 3. The fourth-order valence-corrected chi connectivity index (χ4v) is 5.45. The molecule has 4 rings (SSSR count). The lowest BCUT2D eigenvalue weighted by Crippen LogP contribution is -2.48. The first kappa shape index (κ1) is 37.1. The summed E-state index contributed by atoms with van der Waals surface area (Å²) < 4.78 is 28.0. The molecule has 0 spiro atoms. The van der Waals surface area contributed by atoms with Gasteiger partial charge in [-0.2, -0.15) is 0 Å². The molecule has 2 aliphatic heterocycles. The van der Waals surface area contributed by atoms with E-state index in [4.69, 9.17) is 23.7 Å². The average Bonchev–Trinajstić information content (AvgIpc) is 3.07. The Morgan fingerprint density at radius 3 is 1.60 bits per heavy atom. The van der Waals surface area contributed by atoms with Crippen LogP contribution in [0.3, 0.4) is 0 Å². The van der Waals surface area contributed by atoms with Gasteiger partial charge in [0, 0.05) is 76.5 Å². The molecule has 262 valence electrons. The van der Waals surface area contributed by atoms with Crippen LogP contribution in [0, 0.1) is 0 Å². The molecule has 0 unspecified atom stereocenters. The number of carbonyl (C=O) groups excluding carboxylic acids is 2. The molecule has 0 saturated carbocycles. The first-order valence-electron chi connectivity index (χ1n) is 17.0. The first-order chi connectivity index (χ1) is 23.2. The summed E-state index contributed by atoms with van der Waals surface area (Å²) in [4.78, 5) is 32.6. The monoisotopic (exact) mass is 658 g/mol. The Morgan fingerprint density at radius 1 is 0.574 bits per heavy atom. The van der Waals surface area contributed by atoms with Crippen LogP contribution in [0.4, 0.5) is 5.69 Å². The van der Waals surface area contributed by atoms with Gasteiger partial charge in [0.2, 0.25) is 11.8 Å². The topological polar surface area (TPSA) is 126 Å². The molecule has 2 aromatic rings. The summed E-state index contributed by atoms with van der Waals surface area (Å²) >= 11 is 0. The SMILES string of the molecule is O=C(CN1CCNCCN(CC(=O)N2CCOCCOCCOCCOCCOCC2)CCNCC1)Nc1cccc2ccccc12. The third kappa shape index (κ3) is 14.9. The average molecular weight is 659 g/mol. The highest BCUT2D eigenvalue weighted by Crippen LogP contribution is 2.22. The van der Waals surface area contributed by atoms with Crippen LogP contribution in [0.2, 0.25) is 0 Å². The molecule has 2 saturated heterocycles. The maximum atomic E-state index is 13.4. The molecule has 2 fully saturated rings. The van der Waals surface area contributed by atoms with E-state index >= 15 is 0 Å². The highest BCUT2D eigenvalue weighted by atomic mass is 16.6. The molecule has 0 aliphatic carbocycles. The minimum atomic E-state index is -0.0183. The van der Waals surface area contributed by atoms with Gasteiger partial charge in [-0.25, -0.2) is 0 Å². The van der Waals surface area contributed by atoms with Crippen LogP contribution in [-0.4, -0.2) is 171 Å². The van der Waals surface area contributed by atoms with Crippen LogP contribution in [0.1, 0.15) is 0 Å². The number of anilines is 1. The second kappa shape index (κ2) is 22.8. The van der Waals surface area contributed by atoms with Crippen molar-refractivity contribution in [3.63, 3.8) is 0 Å². The van der Waals surface area contributed by atoms with Crippen molar-refractivity contribution >= 4 is 28.3 Å². The van der Waals surface area contributed by atoms with Crippen molar-refractivity contribution in [3.8, 4) is 0 Å². The lowest BCUT2D eigenvalue weighted by molar-refractivity contribution is -0.134. The Kier molecular flexibility index (Phi) is 18.0. The van der Waals surface area contributed by atoms with E-state index in [1.165, 1.54) is 0 Å². The second-order valence-electron chi connectivity index (χ2n) is 11.6. The predicted octanol–water partition coefficient (Wildman–Crippen LogP) is 0.500.